The van der Waals surface area contributed by atoms with Crippen LogP contribution in [0, 0.1) is 40.4 Å². The van der Waals surface area contributed by atoms with Crippen LogP contribution in [-0.2, 0) is 0 Å². The second-order valence-electron chi connectivity index (χ2n) is 9.31. The van der Waals surface area contributed by atoms with Gasteiger partial charge in [-0.3, -0.25) is 4.98 Å². The van der Waals surface area contributed by atoms with Gasteiger partial charge in [0.05, 0.1) is 17.8 Å². The van der Waals surface area contributed by atoms with Crippen molar-refractivity contribution >= 4 is 23.0 Å². The number of aromatic nitrogens is 2. The minimum atomic E-state index is -0.224. The van der Waals surface area contributed by atoms with Gasteiger partial charge >= 0.3 is 0 Å². The molecule has 35 heavy (non-hydrogen) atoms. The lowest BCUT2D eigenvalue weighted by atomic mass is 9.96. The molecule has 2 aromatic heterocycles. The lowest BCUT2D eigenvalue weighted by Gasteiger charge is -2.28. The molecule has 2 atom stereocenters. The van der Waals surface area contributed by atoms with Crippen LogP contribution < -0.4 is 10.2 Å². The lowest BCUT2D eigenvalue weighted by Crippen LogP contribution is -2.29. The van der Waals surface area contributed by atoms with Crippen molar-refractivity contribution in [2.45, 2.75) is 46.7 Å². The number of aryl methyl sites for hydroxylation is 3. The van der Waals surface area contributed by atoms with Gasteiger partial charge in [0.1, 0.15) is 5.82 Å². The van der Waals surface area contributed by atoms with E-state index in [0.717, 1.165) is 28.3 Å². The van der Waals surface area contributed by atoms with Gasteiger partial charge in [0.15, 0.2) is 5.11 Å². The first-order valence-electron chi connectivity index (χ1n) is 11.8. The number of anilines is 1. The van der Waals surface area contributed by atoms with Gasteiger partial charge in [0.25, 0.3) is 0 Å². The number of nitrogens with one attached hydrogen (secondary N) is 1. The van der Waals surface area contributed by atoms with Crippen molar-refractivity contribution in [3.8, 4) is 5.69 Å². The van der Waals surface area contributed by atoms with E-state index >= 15 is 0 Å². The maximum atomic E-state index is 14.1. The SMILES string of the molecule is Cc1cc(N2C(=S)N[C@@H](c3ccccn3)[C@H]2c2cc(C)n(-c3cccc(C)c3C)c2C)ccc1F. The number of pyridine rings is 1. The van der Waals surface area contributed by atoms with Crippen molar-refractivity contribution < 1.29 is 4.39 Å². The molecule has 178 valence electrons. The molecule has 3 heterocycles. The molecule has 0 bridgehead atoms. The highest BCUT2D eigenvalue weighted by Gasteiger charge is 2.42. The van der Waals surface area contributed by atoms with Crippen LogP contribution in [0.15, 0.2) is 66.9 Å². The summed E-state index contributed by atoms with van der Waals surface area (Å²) in [5, 5.41) is 4.11. The fourth-order valence-corrected chi connectivity index (χ4v) is 5.51. The summed E-state index contributed by atoms with van der Waals surface area (Å²) in [7, 11) is 0. The molecule has 1 fully saturated rings. The van der Waals surface area contributed by atoms with E-state index in [2.05, 4.69) is 71.7 Å². The number of halogens is 1. The molecule has 6 heteroatoms. The molecule has 0 saturated carbocycles. The summed E-state index contributed by atoms with van der Waals surface area (Å²) in [6.07, 6.45) is 1.81. The largest absolute Gasteiger partial charge is 0.351 e. The molecule has 1 N–H and O–H groups in total. The first-order chi connectivity index (χ1) is 16.8. The molecule has 0 spiro atoms. The minimum absolute atomic E-state index is 0.146. The Hall–Kier alpha value is -3.51. The van der Waals surface area contributed by atoms with Gasteiger partial charge in [-0.15, -0.1) is 0 Å². The Morgan fingerprint density at radius 2 is 1.71 bits per heavy atom. The standard InChI is InChI=1S/C29H29FN4S/c1-17-9-8-11-26(20(17)4)33-19(3)16-23(21(33)5)28-27(25-10-6-7-14-31-25)32-29(35)34(28)22-12-13-24(30)18(2)15-22/h6-16,27-28H,1-5H3,(H,32,35)/t27-,28+/m0/s1. The third-order valence-electron chi connectivity index (χ3n) is 7.12. The average molecular weight is 485 g/mol. The molecule has 0 aliphatic carbocycles. The van der Waals surface area contributed by atoms with Crippen LogP contribution >= 0.6 is 12.2 Å². The summed E-state index contributed by atoms with van der Waals surface area (Å²) in [6.45, 7) is 10.4. The highest BCUT2D eigenvalue weighted by Crippen LogP contribution is 2.44. The van der Waals surface area contributed by atoms with E-state index in [9.17, 15) is 4.39 Å². The molecule has 0 unspecified atom stereocenters. The number of nitrogens with zero attached hydrogens (tertiary/aromatic N) is 3. The van der Waals surface area contributed by atoms with Gasteiger partial charge in [0.2, 0.25) is 0 Å². The average Bonchev–Trinajstić information content (AvgIpc) is 3.33. The van der Waals surface area contributed by atoms with E-state index in [1.54, 1.807) is 19.2 Å². The second-order valence-corrected chi connectivity index (χ2v) is 9.70. The second kappa shape index (κ2) is 8.93. The Labute approximate surface area is 211 Å². The Morgan fingerprint density at radius 1 is 0.914 bits per heavy atom. The first-order valence-corrected chi connectivity index (χ1v) is 12.2. The zero-order chi connectivity index (χ0) is 24.9. The van der Waals surface area contributed by atoms with Crippen LogP contribution in [0.4, 0.5) is 10.1 Å². The number of thiocarbonyl (C=S) groups is 1. The third-order valence-corrected chi connectivity index (χ3v) is 7.44. The van der Waals surface area contributed by atoms with Gasteiger partial charge in [-0.2, -0.15) is 0 Å². The van der Waals surface area contributed by atoms with Crippen molar-refractivity contribution in [1.82, 2.24) is 14.9 Å². The summed E-state index contributed by atoms with van der Waals surface area (Å²) in [6, 6.07) is 19.5. The van der Waals surface area contributed by atoms with Crippen LogP contribution in [0.25, 0.3) is 5.69 Å². The highest BCUT2D eigenvalue weighted by molar-refractivity contribution is 7.80. The maximum Gasteiger partial charge on any atom is 0.174 e. The predicted octanol–water partition coefficient (Wildman–Crippen LogP) is 6.73. The summed E-state index contributed by atoms with van der Waals surface area (Å²) in [4.78, 5) is 6.77. The Balaban J connectivity index is 1.71. The molecule has 1 aliphatic rings. The van der Waals surface area contributed by atoms with E-state index in [4.69, 9.17) is 12.2 Å². The van der Waals surface area contributed by atoms with E-state index in [0.29, 0.717) is 10.7 Å². The normalized spacial score (nSPS) is 17.7. The first kappa shape index (κ1) is 23.2. The van der Waals surface area contributed by atoms with E-state index < -0.39 is 0 Å². The van der Waals surface area contributed by atoms with Crippen molar-refractivity contribution in [3.05, 3.63) is 112 Å². The van der Waals surface area contributed by atoms with Gasteiger partial charge < -0.3 is 14.8 Å². The number of rotatable bonds is 4. The van der Waals surface area contributed by atoms with Crippen molar-refractivity contribution in [2.75, 3.05) is 4.90 Å². The summed E-state index contributed by atoms with van der Waals surface area (Å²) in [5.41, 5.74) is 9.52. The third kappa shape index (κ3) is 3.92. The fourth-order valence-electron chi connectivity index (χ4n) is 5.16. The summed E-state index contributed by atoms with van der Waals surface area (Å²) >= 11 is 5.85. The molecule has 4 aromatic rings. The minimum Gasteiger partial charge on any atom is -0.351 e. The van der Waals surface area contributed by atoms with Crippen LogP contribution in [0.2, 0.25) is 0 Å². The van der Waals surface area contributed by atoms with E-state index in [1.165, 1.54) is 22.9 Å². The Morgan fingerprint density at radius 3 is 2.43 bits per heavy atom. The number of hydrogen-bond acceptors (Lipinski definition) is 2. The quantitative estimate of drug-likeness (QED) is 0.326. The molecule has 0 radical (unpaired) electrons. The molecule has 1 aliphatic heterocycles. The van der Waals surface area contributed by atoms with Gasteiger partial charge in [-0.05, 0) is 112 Å². The maximum absolute atomic E-state index is 14.1. The molecular weight excluding hydrogens is 455 g/mol. The Kier molecular flexibility index (Phi) is 5.93. The fraction of sp³-hybridized carbons (Fsp3) is 0.241. The smallest absolute Gasteiger partial charge is 0.174 e. The van der Waals surface area contributed by atoms with E-state index in [-0.39, 0.29) is 17.9 Å². The molecule has 5 rings (SSSR count). The van der Waals surface area contributed by atoms with Crippen LogP contribution in [0.1, 0.15) is 51.4 Å². The predicted molar refractivity (Wildman–Crippen MR) is 144 cm³/mol. The van der Waals surface area contributed by atoms with Crippen LogP contribution in [-0.4, -0.2) is 14.7 Å². The Bertz CT molecular complexity index is 1430. The zero-order valence-electron chi connectivity index (χ0n) is 20.6. The van der Waals surface area contributed by atoms with Gasteiger partial charge in [0, 0.05) is 29.0 Å². The lowest BCUT2D eigenvalue weighted by molar-refractivity contribution is 0.564. The molecular formula is C29H29FN4S. The summed E-state index contributed by atoms with van der Waals surface area (Å²) in [5.74, 6) is -0.224. The zero-order valence-corrected chi connectivity index (χ0v) is 21.4. The van der Waals surface area contributed by atoms with Crippen molar-refractivity contribution in [2.24, 2.45) is 0 Å². The molecule has 1 saturated heterocycles. The summed E-state index contributed by atoms with van der Waals surface area (Å²) < 4.78 is 16.5. The molecule has 0 amide bonds. The van der Waals surface area contributed by atoms with Crippen molar-refractivity contribution in [3.63, 3.8) is 0 Å². The highest BCUT2D eigenvalue weighted by atomic mass is 32.1. The van der Waals surface area contributed by atoms with Crippen LogP contribution in [0.5, 0.6) is 0 Å². The van der Waals surface area contributed by atoms with Gasteiger partial charge in [-0.25, -0.2) is 4.39 Å². The monoisotopic (exact) mass is 484 g/mol. The molecule has 2 aromatic carbocycles. The van der Waals surface area contributed by atoms with Gasteiger partial charge in [-0.1, -0.05) is 18.2 Å². The van der Waals surface area contributed by atoms with Crippen molar-refractivity contribution in [1.29, 1.82) is 0 Å². The van der Waals surface area contributed by atoms with Crippen LogP contribution in [0.3, 0.4) is 0 Å². The number of hydrogen-bond donors (Lipinski definition) is 1. The number of benzene rings is 2. The molecule has 4 nitrogen and oxygen atoms in total. The topological polar surface area (TPSA) is 33.1 Å². The van der Waals surface area contributed by atoms with E-state index in [1.807, 2.05) is 24.3 Å².